The normalized spacial score (nSPS) is 11.1. The monoisotopic (exact) mass is 232 g/mol. The first-order valence-electron chi connectivity index (χ1n) is 5.76. The van der Waals surface area contributed by atoms with E-state index >= 15 is 0 Å². The molecule has 0 fully saturated rings. The van der Waals surface area contributed by atoms with Crippen LogP contribution in [0, 0.1) is 0 Å². The predicted octanol–water partition coefficient (Wildman–Crippen LogP) is 1.59. The molecule has 0 aliphatic rings. The average molecular weight is 232 g/mol. The summed E-state index contributed by atoms with van der Waals surface area (Å²) >= 11 is 0. The molecule has 1 aromatic heterocycles. The molecule has 5 nitrogen and oxygen atoms in total. The van der Waals surface area contributed by atoms with Crippen molar-refractivity contribution in [2.24, 2.45) is 0 Å². The van der Waals surface area contributed by atoms with Crippen molar-refractivity contribution in [1.29, 1.82) is 0 Å². The first-order valence-corrected chi connectivity index (χ1v) is 5.76. The quantitative estimate of drug-likeness (QED) is 0.874. The Morgan fingerprint density at radius 1 is 1.47 bits per heavy atom. The van der Waals surface area contributed by atoms with Crippen LogP contribution in [0.3, 0.4) is 0 Å². The molecule has 0 atom stereocenters. The smallest absolute Gasteiger partial charge is 0.251 e. The van der Waals surface area contributed by atoms with E-state index in [0.29, 0.717) is 5.56 Å². The van der Waals surface area contributed by atoms with Gasteiger partial charge in [-0.05, 0) is 39.0 Å². The summed E-state index contributed by atoms with van der Waals surface area (Å²) in [7, 11) is 0. The van der Waals surface area contributed by atoms with Gasteiger partial charge in [-0.3, -0.25) is 4.79 Å². The van der Waals surface area contributed by atoms with Gasteiger partial charge >= 0.3 is 0 Å². The zero-order chi connectivity index (χ0) is 12.4. The topological polar surface area (TPSA) is 59.8 Å². The van der Waals surface area contributed by atoms with Crippen LogP contribution in [-0.4, -0.2) is 26.9 Å². The number of amides is 1. The molecule has 0 aliphatic carbocycles. The molecule has 0 saturated heterocycles. The number of hydrogen-bond acceptors (Lipinski definition) is 3. The highest BCUT2D eigenvalue weighted by Gasteiger charge is 2.10. The molecule has 0 spiro atoms. The van der Waals surface area contributed by atoms with Crippen molar-refractivity contribution in [2.75, 3.05) is 0 Å². The van der Waals surface area contributed by atoms with Crippen molar-refractivity contribution in [3.05, 3.63) is 23.8 Å². The van der Waals surface area contributed by atoms with E-state index in [0.717, 1.165) is 17.6 Å². The predicted molar refractivity (Wildman–Crippen MR) is 65.8 cm³/mol. The van der Waals surface area contributed by atoms with Crippen LogP contribution in [-0.2, 0) is 6.54 Å². The lowest BCUT2D eigenvalue weighted by molar-refractivity contribution is 0.0943. The molecule has 2 rings (SSSR count). The van der Waals surface area contributed by atoms with Gasteiger partial charge in [0.2, 0.25) is 0 Å². The van der Waals surface area contributed by atoms with E-state index in [2.05, 4.69) is 15.6 Å². The fourth-order valence-electron chi connectivity index (χ4n) is 1.69. The van der Waals surface area contributed by atoms with Crippen molar-refractivity contribution in [3.63, 3.8) is 0 Å². The number of nitrogens with zero attached hydrogens (tertiary/aromatic N) is 3. The van der Waals surface area contributed by atoms with Gasteiger partial charge in [-0.25, -0.2) is 4.68 Å². The van der Waals surface area contributed by atoms with Gasteiger partial charge in [0.1, 0.15) is 5.52 Å². The van der Waals surface area contributed by atoms with Crippen LogP contribution in [0.2, 0.25) is 0 Å². The van der Waals surface area contributed by atoms with E-state index in [9.17, 15) is 4.79 Å². The molecule has 0 unspecified atom stereocenters. The second-order valence-corrected chi connectivity index (χ2v) is 4.24. The van der Waals surface area contributed by atoms with Gasteiger partial charge < -0.3 is 5.32 Å². The van der Waals surface area contributed by atoms with E-state index in [4.69, 9.17) is 0 Å². The minimum absolute atomic E-state index is 0.0760. The summed E-state index contributed by atoms with van der Waals surface area (Å²) in [5, 5.41) is 10.9. The van der Waals surface area contributed by atoms with Gasteiger partial charge in [-0.1, -0.05) is 5.21 Å². The molecular formula is C12H16N4O. The summed E-state index contributed by atoms with van der Waals surface area (Å²) in [5.41, 5.74) is 2.33. The summed E-state index contributed by atoms with van der Waals surface area (Å²) < 4.78 is 1.81. The Labute approximate surface area is 99.8 Å². The third-order valence-corrected chi connectivity index (χ3v) is 2.50. The summed E-state index contributed by atoms with van der Waals surface area (Å²) in [4.78, 5) is 11.8. The number of carbonyl (C=O) groups excluding carboxylic acids is 1. The standard InChI is InChI=1S/C12H16N4O/c1-4-16-11-6-5-9(7-10(11)14-15-16)12(17)13-8(2)3/h5-8H,4H2,1-3H3,(H,13,17). The van der Waals surface area contributed by atoms with Crippen LogP contribution in [0.25, 0.3) is 11.0 Å². The lowest BCUT2D eigenvalue weighted by Gasteiger charge is -2.07. The van der Waals surface area contributed by atoms with Crippen LogP contribution in [0.4, 0.5) is 0 Å². The van der Waals surface area contributed by atoms with Crippen molar-refractivity contribution in [1.82, 2.24) is 20.3 Å². The Morgan fingerprint density at radius 2 is 2.24 bits per heavy atom. The molecule has 17 heavy (non-hydrogen) atoms. The molecule has 2 aromatic rings. The van der Waals surface area contributed by atoms with Gasteiger partial charge in [0, 0.05) is 18.2 Å². The minimum atomic E-state index is -0.0760. The lowest BCUT2D eigenvalue weighted by Crippen LogP contribution is -2.29. The zero-order valence-electron chi connectivity index (χ0n) is 10.3. The van der Waals surface area contributed by atoms with Crippen molar-refractivity contribution in [3.8, 4) is 0 Å². The van der Waals surface area contributed by atoms with E-state index in [1.807, 2.05) is 26.8 Å². The second-order valence-electron chi connectivity index (χ2n) is 4.24. The number of fused-ring (bicyclic) bond motifs is 1. The average Bonchev–Trinajstić information content (AvgIpc) is 2.69. The Morgan fingerprint density at radius 3 is 2.88 bits per heavy atom. The van der Waals surface area contributed by atoms with E-state index < -0.39 is 0 Å². The van der Waals surface area contributed by atoms with Crippen LogP contribution < -0.4 is 5.32 Å². The molecular weight excluding hydrogens is 216 g/mol. The maximum atomic E-state index is 11.8. The van der Waals surface area contributed by atoms with Gasteiger partial charge in [-0.15, -0.1) is 5.10 Å². The maximum absolute atomic E-state index is 11.8. The Bertz CT molecular complexity index is 544. The van der Waals surface area contributed by atoms with Crippen LogP contribution in [0.15, 0.2) is 18.2 Å². The minimum Gasteiger partial charge on any atom is -0.350 e. The highest BCUT2D eigenvalue weighted by Crippen LogP contribution is 2.13. The van der Waals surface area contributed by atoms with Crippen molar-refractivity contribution < 1.29 is 4.79 Å². The number of hydrogen-bond donors (Lipinski definition) is 1. The van der Waals surface area contributed by atoms with Gasteiger partial charge in [0.05, 0.1) is 5.52 Å². The lowest BCUT2D eigenvalue weighted by atomic mass is 10.2. The summed E-state index contributed by atoms with van der Waals surface area (Å²) in [6.45, 7) is 6.65. The second kappa shape index (κ2) is 4.53. The van der Waals surface area contributed by atoms with E-state index in [-0.39, 0.29) is 11.9 Å². The zero-order valence-corrected chi connectivity index (χ0v) is 10.3. The Hall–Kier alpha value is -1.91. The van der Waals surface area contributed by atoms with Crippen molar-refractivity contribution in [2.45, 2.75) is 33.4 Å². The van der Waals surface area contributed by atoms with Crippen LogP contribution >= 0.6 is 0 Å². The summed E-state index contributed by atoms with van der Waals surface area (Å²) in [5.74, 6) is -0.0760. The van der Waals surface area contributed by atoms with Gasteiger partial charge in [0.15, 0.2) is 0 Å². The molecule has 90 valence electrons. The maximum Gasteiger partial charge on any atom is 0.251 e. The first-order chi connectivity index (χ1) is 8.11. The van der Waals surface area contributed by atoms with Crippen molar-refractivity contribution >= 4 is 16.9 Å². The third kappa shape index (κ3) is 2.27. The highest BCUT2D eigenvalue weighted by atomic mass is 16.1. The molecule has 1 amide bonds. The fraction of sp³-hybridized carbons (Fsp3) is 0.417. The van der Waals surface area contributed by atoms with E-state index in [1.165, 1.54) is 0 Å². The Balaban J connectivity index is 2.35. The fourth-order valence-corrected chi connectivity index (χ4v) is 1.69. The molecule has 1 aromatic carbocycles. The number of carbonyl (C=O) groups is 1. The number of rotatable bonds is 3. The number of aryl methyl sites for hydroxylation is 1. The molecule has 1 N–H and O–H groups in total. The molecule has 0 aliphatic heterocycles. The number of benzene rings is 1. The van der Waals surface area contributed by atoms with E-state index in [1.54, 1.807) is 16.8 Å². The number of nitrogens with one attached hydrogen (secondary N) is 1. The summed E-state index contributed by atoms with van der Waals surface area (Å²) in [6, 6.07) is 5.58. The third-order valence-electron chi connectivity index (χ3n) is 2.50. The first kappa shape index (κ1) is 11.6. The molecule has 0 bridgehead atoms. The van der Waals surface area contributed by atoms with Gasteiger partial charge in [0.25, 0.3) is 5.91 Å². The SMILES string of the molecule is CCn1nnc2cc(C(=O)NC(C)C)ccc21. The van der Waals surface area contributed by atoms with Crippen LogP contribution in [0.5, 0.6) is 0 Å². The largest absolute Gasteiger partial charge is 0.350 e. The molecule has 0 radical (unpaired) electrons. The highest BCUT2D eigenvalue weighted by molar-refractivity contribution is 5.97. The summed E-state index contributed by atoms with van der Waals surface area (Å²) in [6.07, 6.45) is 0. The number of aromatic nitrogens is 3. The van der Waals surface area contributed by atoms with Gasteiger partial charge in [-0.2, -0.15) is 0 Å². The molecule has 5 heteroatoms. The Kier molecular flexibility index (Phi) is 3.08. The molecule has 1 heterocycles. The molecule has 0 saturated carbocycles. The van der Waals surface area contributed by atoms with Crippen LogP contribution in [0.1, 0.15) is 31.1 Å².